The maximum atomic E-state index is 12.6. The van der Waals surface area contributed by atoms with E-state index < -0.39 is 48.0 Å². The van der Waals surface area contributed by atoms with Crippen LogP contribution in [-0.4, -0.2) is 75.7 Å². The van der Waals surface area contributed by atoms with Gasteiger partial charge in [-0.25, -0.2) is 0 Å². The smallest absolute Gasteiger partial charge is 0.323 e. The van der Waals surface area contributed by atoms with E-state index in [2.05, 4.69) is 32.1 Å². The van der Waals surface area contributed by atoms with Crippen LogP contribution in [0, 0.1) is 0 Å². The summed E-state index contributed by atoms with van der Waals surface area (Å²) >= 11 is 1.28. The van der Waals surface area contributed by atoms with Crippen molar-refractivity contribution < 1.29 is 39.2 Å². The van der Waals surface area contributed by atoms with Crippen molar-refractivity contribution >= 4 is 29.7 Å². The molecule has 0 aliphatic heterocycles. The van der Waals surface area contributed by atoms with Gasteiger partial charge in [-0.05, 0) is 38.5 Å². The highest BCUT2D eigenvalue weighted by Gasteiger charge is 2.23. The Morgan fingerprint density at radius 2 is 1.30 bits per heavy atom. The number of carboxylic acid groups (broad SMARTS) is 1. The first-order valence-corrected chi connectivity index (χ1v) is 21.7. The van der Waals surface area contributed by atoms with E-state index in [0.717, 1.165) is 32.1 Å². The third-order valence-corrected chi connectivity index (χ3v) is 10.3. The zero-order valence-corrected chi connectivity index (χ0v) is 34.0. The molecule has 0 aromatic rings. The number of carboxylic acids is 1. The van der Waals surface area contributed by atoms with Crippen LogP contribution in [0.5, 0.6) is 0 Å². The number of hydrogen-bond donors (Lipinski definition) is 4. The lowest BCUT2D eigenvalue weighted by Gasteiger charge is -2.21. The van der Waals surface area contributed by atoms with Gasteiger partial charge in [-0.2, -0.15) is 0 Å². The van der Waals surface area contributed by atoms with Crippen molar-refractivity contribution in [2.45, 2.75) is 185 Å². The summed E-state index contributed by atoms with van der Waals surface area (Å²) in [6.07, 6.45) is 37.6. The second-order valence-corrected chi connectivity index (χ2v) is 15.1. The highest BCUT2D eigenvalue weighted by atomic mass is 32.2. The Balaban J connectivity index is 4.49. The number of unbranched alkanes of at least 4 members (excludes halogenated alkanes) is 16. The Hall–Kier alpha value is -2.40. The minimum Gasteiger partial charge on any atom is -0.481 e. The van der Waals surface area contributed by atoms with E-state index >= 15 is 0 Å². The molecule has 0 radical (unpaired) electrons. The summed E-state index contributed by atoms with van der Waals surface area (Å²) in [5.74, 6) is -1.91. The molecule has 306 valence electrons. The molecule has 0 aromatic heterocycles. The number of aliphatic hydroxyl groups excluding tert-OH is 2. The summed E-state index contributed by atoms with van der Waals surface area (Å²) in [5.41, 5.74) is 6.09. The van der Waals surface area contributed by atoms with E-state index in [0.29, 0.717) is 6.42 Å². The second-order valence-electron chi connectivity index (χ2n) is 13.9. The van der Waals surface area contributed by atoms with Gasteiger partial charge < -0.3 is 30.5 Å². The maximum Gasteiger partial charge on any atom is 0.323 e. The molecule has 9 nitrogen and oxygen atoms in total. The number of aliphatic hydroxyl groups is 2. The van der Waals surface area contributed by atoms with E-state index in [9.17, 15) is 24.6 Å². The standard InChI is InChI=1S/C43H75NO8S/c1-3-5-7-9-11-13-15-17-18-20-22-24-26-28-33-42(49)52-37(34-45)35-51-43(50)38(44)36-53-40(39(46)30-29-32-41(47)48)31-27-25-23-21-19-16-14-12-10-8-6-4-2/h12,14,19,21,23,25,27,31,37-40,45-46H,3-11,13,15-18,20,22,24,26,28-30,32-36,44H2,1-2H3,(H,47,48)/b14-12-,21-19-,25-23+,31-27+/t37-,38-,39-,40+/m0/s1. The number of allylic oxidation sites excluding steroid dienone is 7. The van der Waals surface area contributed by atoms with Gasteiger partial charge in [-0.3, -0.25) is 14.4 Å². The fourth-order valence-corrected chi connectivity index (χ4v) is 6.71. The minimum atomic E-state index is -1.01. The molecule has 0 unspecified atom stereocenters. The van der Waals surface area contributed by atoms with Crippen LogP contribution in [-0.2, 0) is 23.9 Å². The van der Waals surface area contributed by atoms with Crippen molar-refractivity contribution in [1.29, 1.82) is 0 Å². The summed E-state index contributed by atoms with van der Waals surface area (Å²) in [7, 11) is 0. The molecule has 0 saturated carbocycles. The molecule has 0 spiro atoms. The predicted molar refractivity (Wildman–Crippen MR) is 220 cm³/mol. The Labute approximate surface area is 326 Å². The fraction of sp³-hybridized carbons (Fsp3) is 0.744. The number of rotatable bonds is 37. The van der Waals surface area contributed by atoms with Gasteiger partial charge >= 0.3 is 17.9 Å². The van der Waals surface area contributed by atoms with E-state index in [-0.39, 0.29) is 31.6 Å². The zero-order chi connectivity index (χ0) is 39.2. The molecule has 0 aliphatic rings. The Bertz CT molecular complexity index is 1010. The monoisotopic (exact) mass is 766 g/mol. The SMILES string of the molecule is CCCCC/C=C\C\C=C/C=C/C=C/[C@@H](SC[C@H](N)C(=O)OC[C@H](CO)OC(=O)CCCCCCCCCCCCCCCC)[C@@H](O)CCCC(=O)O. The Morgan fingerprint density at radius 3 is 1.91 bits per heavy atom. The van der Waals surface area contributed by atoms with E-state index in [1.165, 1.54) is 102 Å². The van der Waals surface area contributed by atoms with Gasteiger partial charge in [0, 0.05) is 23.8 Å². The van der Waals surface area contributed by atoms with Gasteiger partial charge in [0.15, 0.2) is 6.10 Å². The molecule has 0 rings (SSSR count). The van der Waals surface area contributed by atoms with Gasteiger partial charge in [0.25, 0.3) is 0 Å². The van der Waals surface area contributed by atoms with Crippen LogP contribution in [0.4, 0.5) is 0 Å². The van der Waals surface area contributed by atoms with Crippen molar-refractivity contribution in [3.63, 3.8) is 0 Å². The molecule has 10 heteroatoms. The first-order chi connectivity index (χ1) is 25.7. The van der Waals surface area contributed by atoms with Crippen molar-refractivity contribution in [3.05, 3.63) is 48.6 Å². The lowest BCUT2D eigenvalue weighted by molar-refractivity contribution is -0.161. The molecule has 0 aromatic carbocycles. The van der Waals surface area contributed by atoms with Crippen LogP contribution in [0.3, 0.4) is 0 Å². The summed E-state index contributed by atoms with van der Waals surface area (Å²) in [6, 6.07) is -1.01. The van der Waals surface area contributed by atoms with Gasteiger partial charge in [0.2, 0.25) is 0 Å². The molecule has 0 aliphatic carbocycles. The van der Waals surface area contributed by atoms with Gasteiger partial charge in [-0.15, -0.1) is 11.8 Å². The number of esters is 2. The second kappa shape index (κ2) is 37.9. The average molecular weight is 766 g/mol. The van der Waals surface area contributed by atoms with E-state index in [1.54, 1.807) is 0 Å². The molecular weight excluding hydrogens is 691 g/mol. The summed E-state index contributed by atoms with van der Waals surface area (Å²) < 4.78 is 10.6. The van der Waals surface area contributed by atoms with Crippen LogP contribution in [0.2, 0.25) is 0 Å². The fourth-order valence-electron chi connectivity index (χ4n) is 5.58. The minimum absolute atomic E-state index is 0.0439. The van der Waals surface area contributed by atoms with Crippen molar-refractivity contribution in [2.24, 2.45) is 5.73 Å². The van der Waals surface area contributed by atoms with Crippen LogP contribution >= 0.6 is 11.8 Å². The number of aliphatic carboxylic acids is 1. The topological polar surface area (TPSA) is 156 Å². The first-order valence-electron chi connectivity index (χ1n) is 20.6. The molecule has 0 amide bonds. The number of carbonyl (C=O) groups excluding carboxylic acids is 2. The average Bonchev–Trinajstić information content (AvgIpc) is 3.14. The normalized spacial score (nSPS) is 14.4. The Kier molecular flexibility index (Phi) is 36.2. The highest BCUT2D eigenvalue weighted by Crippen LogP contribution is 2.22. The number of nitrogens with two attached hydrogens (primary N) is 1. The van der Waals surface area contributed by atoms with E-state index in [1.807, 2.05) is 30.4 Å². The predicted octanol–water partition coefficient (Wildman–Crippen LogP) is 9.55. The van der Waals surface area contributed by atoms with Crippen LogP contribution < -0.4 is 5.73 Å². The molecule has 5 N–H and O–H groups in total. The molecule has 4 atom stereocenters. The first kappa shape index (κ1) is 50.6. The zero-order valence-electron chi connectivity index (χ0n) is 33.2. The quantitative estimate of drug-likeness (QED) is 0.0208. The van der Waals surface area contributed by atoms with Gasteiger partial charge in [0.1, 0.15) is 12.6 Å². The Morgan fingerprint density at radius 1 is 0.717 bits per heavy atom. The maximum absolute atomic E-state index is 12.6. The van der Waals surface area contributed by atoms with Gasteiger partial charge in [0.05, 0.1) is 12.7 Å². The largest absolute Gasteiger partial charge is 0.481 e. The third kappa shape index (κ3) is 33.9. The third-order valence-electron chi connectivity index (χ3n) is 8.87. The number of carbonyl (C=O) groups is 3. The lowest BCUT2D eigenvalue weighted by Crippen LogP contribution is -2.38. The van der Waals surface area contributed by atoms with Crippen molar-refractivity contribution in [3.8, 4) is 0 Å². The summed E-state index contributed by atoms with van der Waals surface area (Å²) in [5, 5.41) is 29.0. The molecular formula is C43H75NO8S. The summed E-state index contributed by atoms with van der Waals surface area (Å²) in [6.45, 7) is 3.67. The highest BCUT2D eigenvalue weighted by molar-refractivity contribution is 8.00. The molecule has 0 saturated heterocycles. The number of ether oxygens (including phenoxy) is 2. The molecule has 53 heavy (non-hydrogen) atoms. The number of thioether (sulfide) groups is 1. The van der Waals surface area contributed by atoms with Crippen molar-refractivity contribution in [2.75, 3.05) is 19.0 Å². The lowest BCUT2D eigenvalue weighted by atomic mass is 10.0. The van der Waals surface area contributed by atoms with Crippen LogP contribution in [0.15, 0.2) is 48.6 Å². The van der Waals surface area contributed by atoms with Crippen LogP contribution in [0.1, 0.15) is 162 Å². The van der Waals surface area contributed by atoms with Crippen molar-refractivity contribution in [1.82, 2.24) is 0 Å². The molecule has 0 fully saturated rings. The molecule has 0 bridgehead atoms. The van der Waals surface area contributed by atoms with E-state index in [4.69, 9.17) is 20.3 Å². The summed E-state index contributed by atoms with van der Waals surface area (Å²) in [4.78, 5) is 35.9. The van der Waals surface area contributed by atoms with Gasteiger partial charge in [-0.1, -0.05) is 159 Å². The van der Waals surface area contributed by atoms with Crippen LogP contribution in [0.25, 0.3) is 0 Å². The number of hydrogen-bond acceptors (Lipinski definition) is 9. The molecule has 0 heterocycles.